The zero-order valence-electron chi connectivity index (χ0n) is 35.4. The summed E-state index contributed by atoms with van der Waals surface area (Å²) in [7, 11) is 3.16. The Morgan fingerprint density at radius 2 is 1.62 bits per heavy atom. The number of aliphatic hydroxyl groups is 3. The molecule has 4 rings (SSSR count). The standard InChI is InChI=1S/C44H71NO11/c1-10-31-19-25(3)18-26(4)20-38(54-9)40-32(11-2)22-28(6)44(52,56-40)41(49)42(50)45-17-13-12-14-33(45)43(51)55-39(29(7)35(47)24-36(31)48)27(5)21-30-15-16-34(46)37(23-30)53-8/h19,21,26,28-35,37-40,46-47,52H,10-18,20,22-24H2,1-9H3/b25-19+,27-21+/t26-,28+,29+,30-,31+,32-,33?,34?,35?,37?,38?,39?,40?,44?/m0/s1. The van der Waals surface area contributed by atoms with Crippen molar-refractivity contribution in [1.82, 2.24) is 4.90 Å². The Bertz CT molecular complexity index is 1430. The van der Waals surface area contributed by atoms with Crippen LogP contribution in [-0.4, -0.2) is 113 Å². The van der Waals surface area contributed by atoms with Crippen molar-refractivity contribution in [3.05, 3.63) is 23.3 Å². The third-order valence-corrected chi connectivity index (χ3v) is 13.3. The molecule has 2 saturated heterocycles. The van der Waals surface area contributed by atoms with Crippen molar-refractivity contribution in [2.24, 2.45) is 35.5 Å². The smallest absolute Gasteiger partial charge is 0.329 e. The summed E-state index contributed by atoms with van der Waals surface area (Å²) in [6, 6.07) is -1.11. The van der Waals surface area contributed by atoms with Gasteiger partial charge >= 0.3 is 5.97 Å². The maximum atomic E-state index is 14.3. The predicted octanol–water partition coefficient (Wildman–Crippen LogP) is 5.48. The van der Waals surface area contributed by atoms with Crippen molar-refractivity contribution in [2.45, 2.75) is 174 Å². The average molecular weight is 790 g/mol. The topological polar surface area (TPSA) is 169 Å². The molecule has 318 valence electrons. The van der Waals surface area contributed by atoms with Gasteiger partial charge in [0.2, 0.25) is 5.79 Å². The van der Waals surface area contributed by atoms with Gasteiger partial charge in [-0.1, -0.05) is 58.8 Å². The number of nitrogens with zero attached hydrogens (tertiary/aromatic N) is 1. The number of amides is 1. The number of hydrogen-bond acceptors (Lipinski definition) is 11. The van der Waals surface area contributed by atoms with E-state index in [0.717, 1.165) is 12.0 Å². The van der Waals surface area contributed by atoms with Gasteiger partial charge in [0, 0.05) is 44.9 Å². The highest BCUT2D eigenvalue weighted by Gasteiger charge is 2.56. The minimum absolute atomic E-state index is 0.00980. The monoisotopic (exact) mass is 790 g/mol. The number of aliphatic hydroxyl groups excluding tert-OH is 2. The van der Waals surface area contributed by atoms with Crippen LogP contribution < -0.4 is 0 Å². The van der Waals surface area contributed by atoms with Gasteiger partial charge in [-0.15, -0.1) is 0 Å². The number of fused-ring (bicyclic) bond motifs is 3. The first-order valence-corrected chi connectivity index (χ1v) is 21.2. The van der Waals surface area contributed by atoms with Gasteiger partial charge in [-0.2, -0.15) is 0 Å². The molecule has 8 unspecified atom stereocenters. The van der Waals surface area contributed by atoms with Crippen LogP contribution in [0.3, 0.4) is 0 Å². The van der Waals surface area contributed by atoms with E-state index in [4.69, 9.17) is 18.9 Å². The van der Waals surface area contributed by atoms with Crippen molar-refractivity contribution >= 4 is 23.4 Å². The molecule has 3 N–H and O–H groups in total. The highest BCUT2D eigenvalue weighted by Crippen LogP contribution is 2.42. The number of Topliss-reactive ketones (excluding diaryl/α,β-unsaturated/α-hetero) is 2. The maximum absolute atomic E-state index is 14.3. The van der Waals surface area contributed by atoms with Crippen LogP contribution in [0.2, 0.25) is 0 Å². The van der Waals surface area contributed by atoms with Crippen LogP contribution in [0.1, 0.15) is 126 Å². The minimum atomic E-state index is -2.42. The molecule has 1 saturated carbocycles. The Labute approximate surface area is 334 Å². The van der Waals surface area contributed by atoms with E-state index in [-0.39, 0.29) is 49.0 Å². The first-order chi connectivity index (χ1) is 26.5. The molecule has 12 heteroatoms. The number of piperidine rings is 1. The van der Waals surface area contributed by atoms with Gasteiger partial charge in [0.15, 0.2) is 0 Å². The molecule has 0 aromatic carbocycles. The number of carbonyl (C=O) groups excluding carboxylic acids is 4. The Kier molecular flexibility index (Phi) is 16.9. The Morgan fingerprint density at radius 1 is 0.929 bits per heavy atom. The van der Waals surface area contributed by atoms with Gasteiger partial charge in [0.05, 0.1) is 30.5 Å². The number of carbonyl (C=O) groups is 4. The van der Waals surface area contributed by atoms with Crippen molar-refractivity contribution in [2.75, 3.05) is 20.8 Å². The Balaban J connectivity index is 1.76. The Morgan fingerprint density at radius 3 is 2.27 bits per heavy atom. The zero-order valence-corrected chi connectivity index (χ0v) is 35.4. The van der Waals surface area contributed by atoms with Gasteiger partial charge in [0.1, 0.15) is 17.9 Å². The predicted molar refractivity (Wildman–Crippen MR) is 211 cm³/mol. The lowest BCUT2D eigenvalue weighted by atomic mass is 9.76. The Hall–Kier alpha value is -2.48. The molecule has 3 fully saturated rings. The lowest BCUT2D eigenvalue weighted by Gasteiger charge is -2.47. The van der Waals surface area contributed by atoms with Crippen molar-refractivity contribution < 1.29 is 53.4 Å². The molecular weight excluding hydrogens is 718 g/mol. The summed E-state index contributed by atoms with van der Waals surface area (Å²) in [5.74, 6) is -7.10. The number of ketones is 2. The van der Waals surface area contributed by atoms with E-state index in [1.807, 2.05) is 39.8 Å². The average Bonchev–Trinajstić information content (AvgIpc) is 3.18. The fourth-order valence-electron chi connectivity index (χ4n) is 9.75. The number of ether oxygens (including phenoxy) is 4. The van der Waals surface area contributed by atoms with Crippen LogP contribution in [-0.2, 0) is 38.1 Å². The number of cyclic esters (lactones) is 1. The van der Waals surface area contributed by atoms with E-state index in [2.05, 4.69) is 6.92 Å². The molecule has 3 heterocycles. The zero-order chi connectivity index (χ0) is 41.5. The quantitative estimate of drug-likeness (QED) is 0.177. The van der Waals surface area contributed by atoms with Crippen molar-refractivity contribution in [3.63, 3.8) is 0 Å². The molecule has 0 radical (unpaired) electrons. The third kappa shape index (κ3) is 10.8. The largest absolute Gasteiger partial charge is 0.456 e. The van der Waals surface area contributed by atoms with Crippen LogP contribution in [0.4, 0.5) is 0 Å². The highest BCUT2D eigenvalue weighted by atomic mass is 16.7. The van der Waals surface area contributed by atoms with Crippen molar-refractivity contribution in [1.29, 1.82) is 0 Å². The molecule has 12 nitrogen and oxygen atoms in total. The van der Waals surface area contributed by atoms with E-state index >= 15 is 0 Å². The molecular formula is C44H71NO11. The van der Waals surface area contributed by atoms with Gasteiger partial charge in [0.25, 0.3) is 11.7 Å². The molecule has 1 amide bonds. The number of methoxy groups -OCH3 is 2. The summed E-state index contributed by atoms with van der Waals surface area (Å²) < 4.78 is 24.2. The summed E-state index contributed by atoms with van der Waals surface area (Å²) >= 11 is 0. The van der Waals surface area contributed by atoms with Crippen LogP contribution >= 0.6 is 0 Å². The molecule has 0 aromatic heterocycles. The minimum Gasteiger partial charge on any atom is -0.456 e. The molecule has 0 spiro atoms. The van der Waals surface area contributed by atoms with E-state index in [0.29, 0.717) is 63.4 Å². The highest BCUT2D eigenvalue weighted by molar-refractivity contribution is 6.39. The third-order valence-electron chi connectivity index (χ3n) is 13.3. The molecule has 4 aliphatic rings. The summed E-state index contributed by atoms with van der Waals surface area (Å²) in [6.07, 6.45) is 5.85. The summed E-state index contributed by atoms with van der Waals surface area (Å²) in [6.45, 7) is 13.5. The molecule has 2 bridgehead atoms. The second-order valence-electron chi connectivity index (χ2n) is 17.5. The second kappa shape index (κ2) is 20.5. The lowest BCUT2D eigenvalue weighted by Crippen LogP contribution is -2.63. The number of hydrogen-bond donors (Lipinski definition) is 3. The molecule has 56 heavy (non-hydrogen) atoms. The summed E-state index contributed by atoms with van der Waals surface area (Å²) in [4.78, 5) is 57.8. The number of allylic oxidation sites excluding steroid dienone is 3. The van der Waals surface area contributed by atoms with E-state index in [1.54, 1.807) is 28.1 Å². The van der Waals surface area contributed by atoms with Crippen LogP contribution in [0, 0.1) is 35.5 Å². The molecule has 14 atom stereocenters. The first kappa shape index (κ1) is 46.2. The van der Waals surface area contributed by atoms with Crippen LogP contribution in [0.15, 0.2) is 23.3 Å². The SMILES string of the molecule is CC[C@H]1C[C@@H](C)C2(O)OC1C(OC)C[C@@H](C)C/C(C)=C/[C@@H](CC)C(=O)CC(O)[C@@H](C)C(/C(C)=C/[C@@H]1CCC(O)C(OC)C1)OC(=O)C1CCCCN1C(=O)C2=O. The van der Waals surface area contributed by atoms with Gasteiger partial charge in [-0.3, -0.25) is 14.4 Å². The maximum Gasteiger partial charge on any atom is 0.329 e. The summed E-state index contributed by atoms with van der Waals surface area (Å²) in [5, 5.41) is 34.1. The molecule has 0 aromatic rings. The lowest BCUT2D eigenvalue weighted by molar-refractivity contribution is -0.292. The fraction of sp³-hybridized carbons (Fsp3) is 0.818. The van der Waals surface area contributed by atoms with Crippen LogP contribution in [0.5, 0.6) is 0 Å². The van der Waals surface area contributed by atoms with Crippen LogP contribution in [0.25, 0.3) is 0 Å². The first-order valence-electron chi connectivity index (χ1n) is 21.2. The van der Waals surface area contributed by atoms with Gasteiger partial charge in [-0.05, 0) is 101 Å². The van der Waals surface area contributed by atoms with E-state index in [9.17, 15) is 34.5 Å². The number of esters is 1. The van der Waals surface area contributed by atoms with Gasteiger partial charge < -0.3 is 39.2 Å². The van der Waals surface area contributed by atoms with E-state index < -0.39 is 77.8 Å². The fourth-order valence-corrected chi connectivity index (χ4v) is 9.75. The summed E-state index contributed by atoms with van der Waals surface area (Å²) in [5.41, 5.74) is 1.70. The number of rotatable bonds is 6. The van der Waals surface area contributed by atoms with Gasteiger partial charge in [-0.25, -0.2) is 4.79 Å². The molecule has 1 aliphatic carbocycles. The molecule has 3 aliphatic heterocycles. The second-order valence-corrected chi connectivity index (χ2v) is 17.5. The normalized spacial score (nSPS) is 41.6. The van der Waals surface area contributed by atoms with Crippen molar-refractivity contribution in [3.8, 4) is 0 Å². The van der Waals surface area contributed by atoms with E-state index in [1.165, 1.54) is 4.90 Å².